The van der Waals surface area contributed by atoms with Gasteiger partial charge in [-0.05, 0) is 40.5 Å². The normalized spacial score (nSPS) is 21.5. The first-order chi connectivity index (χ1) is 17.9. The van der Waals surface area contributed by atoms with Gasteiger partial charge in [0.2, 0.25) is 5.91 Å². The first-order valence-corrected chi connectivity index (χ1v) is 13.7. The number of rotatable bonds is 3. The van der Waals surface area contributed by atoms with E-state index in [4.69, 9.17) is 4.74 Å². The smallest absolute Gasteiger partial charge is 0.267 e. The van der Waals surface area contributed by atoms with Gasteiger partial charge < -0.3 is 9.64 Å². The van der Waals surface area contributed by atoms with E-state index >= 15 is 0 Å². The zero-order valence-electron chi connectivity index (χ0n) is 19.9. The van der Waals surface area contributed by atoms with Crippen molar-refractivity contribution in [2.45, 2.75) is 29.1 Å². The molecular formula is C30H24N2O4S. The summed E-state index contributed by atoms with van der Waals surface area (Å²) in [7, 11) is -3.78. The molecule has 3 aliphatic rings. The molecule has 1 aliphatic carbocycles. The lowest BCUT2D eigenvalue weighted by molar-refractivity contribution is -0.145. The highest BCUT2D eigenvalue weighted by molar-refractivity contribution is 7.90. The molecule has 2 saturated heterocycles. The third-order valence-corrected chi connectivity index (χ3v) is 9.46. The van der Waals surface area contributed by atoms with Gasteiger partial charge >= 0.3 is 0 Å². The number of carbonyl (C=O) groups excluding carboxylic acids is 1. The number of aromatic nitrogens is 1. The van der Waals surface area contributed by atoms with Gasteiger partial charge in [-0.15, -0.1) is 0 Å². The first-order valence-electron chi connectivity index (χ1n) is 12.3. The molecule has 37 heavy (non-hydrogen) atoms. The molecule has 0 radical (unpaired) electrons. The molecule has 1 atom stereocenters. The Labute approximate surface area is 215 Å². The van der Waals surface area contributed by atoms with Crippen LogP contribution in [0.25, 0.3) is 12.2 Å². The Bertz CT molecular complexity index is 1640. The lowest BCUT2D eigenvalue weighted by Gasteiger charge is -2.34. The number of ether oxygens (including phenoxy) is 1. The van der Waals surface area contributed by atoms with Crippen molar-refractivity contribution in [3.63, 3.8) is 0 Å². The van der Waals surface area contributed by atoms with Gasteiger partial charge in [0.25, 0.3) is 10.0 Å². The maximum atomic E-state index is 13.3. The molecule has 7 heteroatoms. The maximum Gasteiger partial charge on any atom is 0.267 e. The van der Waals surface area contributed by atoms with E-state index in [-0.39, 0.29) is 10.8 Å². The average Bonchev–Trinajstić information content (AvgIpc) is 3.61. The molecule has 0 N–H and O–H groups in total. The van der Waals surface area contributed by atoms with Gasteiger partial charge in [0, 0.05) is 30.8 Å². The topological polar surface area (TPSA) is 68.6 Å². The van der Waals surface area contributed by atoms with Crippen molar-refractivity contribution in [1.29, 1.82) is 0 Å². The molecule has 0 bridgehead atoms. The van der Waals surface area contributed by atoms with E-state index < -0.39 is 21.3 Å². The number of amides is 1. The first kappa shape index (κ1) is 22.3. The van der Waals surface area contributed by atoms with Crippen molar-refractivity contribution in [3.05, 3.63) is 125 Å². The summed E-state index contributed by atoms with van der Waals surface area (Å²) in [4.78, 5) is 15.3. The number of fused-ring (bicyclic) bond motifs is 5. The quantitative estimate of drug-likeness (QED) is 0.392. The van der Waals surface area contributed by atoms with Crippen LogP contribution >= 0.6 is 0 Å². The third kappa shape index (κ3) is 3.08. The van der Waals surface area contributed by atoms with E-state index in [9.17, 15) is 13.2 Å². The molecule has 0 saturated carbocycles. The number of hydrogen-bond acceptors (Lipinski definition) is 4. The van der Waals surface area contributed by atoms with E-state index in [0.29, 0.717) is 24.9 Å². The zero-order valence-corrected chi connectivity index (χ0v) is 20.8. The van der Waals surface area contributed by atoms with Crippen molar-refractivity contribution in [2.24, 2.45) is 0 Å². The summed E-state index contributed by atoms with van der Waals surface area (Å²) in [5, 5.41) is 0. The van der Waals surface area contributed by atoms with Crippen LogP contribution in [-0.2, 0) is 30.9 Å². The van der Waals surface area contributed by atoms with Crippen LogP contribution < -0.4 is 0 Å². The summed E-state index contributed by atoms with van der Waals surface area (Å²) < 4.78 is 35.0. The molecular weight excluding hydrogens is 484 g/mol. The van der Waals surface area contributed by atoms with Gasteiger partial charge in [0.05, 0.1) is 11.4 Å². The molecule has 1 unspecified atom stereocenters. The molecule has 2 fully saturated rings. The van der Waals surface area contributed by atoms with E-state index in [1.807, 2.05) is 24.3 Å². The largest absolute Gasteiger partial charge is 0.333 e. The van der Waals surface area contributed by atoms with E-state index in [0.717, 1.165) is 22.3 Å². The van der Waals surface area contributed by atoms with Crippen molar-refractivity contribution >= 4 is 28.1 Å². The third-order valence-electron chi connectivity index (χ3n) is 7.81. The van der Waals surface area contributed by atoms with Gasteiger partial charge in [-0.1, -0.05) is 78.9 Å². The number of nitrogens with zero attached hydrogens (tertiary/aromatic N) is 2. The number of benzene rings is 3. The molecule has 1 amide bonds. The van der Waals surface area contributed by atoms with Crippen LogP contribution in [0, 0.1) is 0 Å². The highest BCUT2D eigenvalue weighted by atomic mass is 32.2. The predicted octanol–water partition coefficient (Wildman–Crippen LogP) is 4.96. The van der Waals surface area contributed by atoms with Gasteiger partial charge in [-0.25, -0.2) is 12.4 Å². The lowest BCUT2D eigenvalue weighted by atomic mass is 9.83. The molecule has 6 nitrogen and oxygen atoms in total. The molecule has 2 aliphatic heterocycles. The average molecular weight is 509 g/mol. The molecule has 3 aromatic carbocycles. The van der Waals surface area contributed by atoms with Crippen LogP contribution in [-0.4, -0.2) is 29.7 Å². The number of hydrogen-bond donors (Lipinski definition) is 0. The van der Waals surface area contributed by atoms with E-state index in [1.54, 1.807) is 47.5 Å². The van der Waals surface area contributed by atoms with Crippen LogP contribution in [0.3, 0.4) is 0 Å². The molecule has 4 aromatic rings. The van der Waals surface area contributed by atoms with Gasteiger partial charge in [0.1, 0.15) is 5.60 Å². The van der Waals surface area contributed by atoms with Crippen LogP contribution in [0.15, 0.2) is 102 Å². The van der Waals surface area contributed by atoms with Crippen LogP contribution in [0.2, 0.25) is 0 Å². The van der Waals surface area contributed by atoms with Crippen molar-refractivity contribution in [2.75, 3.05) is 6.54 Å². The van der Waals surface area contributed by atoms with Gasteiger partial charge in [-0.2, -0.15) is 0 Å². The second-order valence-electron chi connectivity index (χ2n) is 9.75. The summed E-state index contributed by atoms with van der Waals surface area (Å²) >= 11 is 0. The Hall–Kier alpha value is -3.94. The van der Waals surface area contributed by atoms with E-state index in [1.165, 1.54) is 10.2 Å². The SMILES string of the molecule is O=C1CCC2(c3ccn(S(=O)(=O)c4ccccc4)c3)OC3(CN12)c1ccccc1C=Cc1ccccc13. The Morgan fingerprint density at radius 3 is 2.08 bits per heavy atom. The fourth-order valence-electron chi connectivity index (χ4n) is 6.07. The van der Waals surface area contributed by atoms with Crippen LogP contribution in [0.1, 0.15) is 40.7 Å². The highest BCUT2D eigenvalue weighted by Crippen LogP contribution is 2.56. The van der Waals surface area contributed by atoms with Gasteiger partial charge in [0.15, 0.2) is 5.72 Å². The monoisotopic (exact) mass is 508 g/mol. The molecule has 1 spiro atoms. The van der Waals surface area contributed by atoms with Crippen molar-refractivity contribution in [1.82, 2.24) is 8.87 Å². The molecule has 7 rings (SSSR count). The highest BCUT2D eigenvalue weighted by Gasteiger charge is 2.62. The fraction of sp³-hybridized carbons (Fsp3) is 0.167. The second-order valence-corrected chi connectivity index (χ2v) is 11.6. The molecule has 1 aromatic heterocycles. The second kappa shape index (κ2) is 7.78. The maximum absolute atomic E-state index is 13.3. The van der Waals surface area contributed by atoms with Crippen molar-refractivity contribution in [3.8, 4) is 0 Å². The summed E-state index contributed by atoms with van der Waals surface area (Å²) in [6.45, 7) is 0.345. The summed E-state index contributed by atoms with van der Waals surface area (Å²) in [6, 6.07) is 26.3. The molecule has 3 heterocycles. The van der Waals surface area contributed by atoms with E-state index in [2.05, 4.69) is 36.4 Å². The van der Waals surface area contributed by atoms with Gasteiger partial charge in [-0.3, -0.25) is 4.79 Å². The number of carbonyl (C=O) groups is 1. The minimum Gasteiger partial charge on any atom is -0.333 e. The Kier molecular flexibility index (Phi) is 4.68. The predicted molar refractivity (Wildman–Crippen MR) is 140 cm³/mol. The lowest BCUT2D eigenvalue weighted by Crippen LogP contribution is -2.38. The summed E-state index contributed by atoms with van der Waals surface area (Å²) in [5.74, 6) is 0.00251. The van der Waals surface area contributed by atoms with Crippen LogP contribution in [0.4, 0.5) is 0 Å². The fourth-order valence-corrected chi connectivity index (χ4v) is 7.29. The standard InChI is InChI=1S/C30H24N2O4S/c33-28-16-18-30(24-17-19-31(20-24)37(34,35)25-10-2-1-3-11-25)32(28)21-29(36-30)26-12-6-4-8-22(26)14-15-23-9-5-7-13-27(23)29/h1-15,17,19-20H,16,18,21H2. The summed E-state index contributed by atoms with van der Waals surface area (Å²) in [5.41, 5.74) is 2.75. The Morgan fingerprint density at radius 1 is 0.784 bits per heavy atom. The van der Waals surface area contributed by atoms with Crippen LogP contribution in [0.5, 0.6) is 0 Å². The Balaban J connectivity index is 1.40. The zero-order chi connectivity index (χ0) is 25.3. The minimum atomic E-state index is -3.78. The Morgan fingerprint density at radius 2 is 1.41 bits per heavy atom. The van der Waals surface area contributed by atoms with Crippen molar-refractivity contribution < 1.29 is 17.9 Å². The minimum absolute atomic E-state index is 0.00251. The summed E-state index contributed by atoms with van der Waals surface area (Å²) in [6.07, 6.45) is 8.10. The molecule has 184 valence electrons.